The van der Waals surface area contributed by atoms with Crippen LogP contribution in [0.2, 0.25) is 0 Å². The fourth-order valence-electron chi connectivity index (χ4n) is 2.12. The fraction of sp³-hybridized carbons (Fsp3) is 0.500. The number of primary amides is 1. The highest BCUT2D eigenvalue weighted by Gasteiger charge is 2.21. The number of carbonyl (C=O) groups is 1. The summed E-state index contributed by atoms with van der Waals surface area (Å²) in [7, 11) is 1.93. The highest BCUT2D eigenvalue weighted by Crippen LogP contribution is 2.25. The van der Waals surface area contributed by atoms with E-state index in [-0.39, 0.29) is 5.69 Å². The minimum atomic E-state index is -0.545. The number of aromatic nitrogens is 1. The van der Waals surface area contributed by atoms with E-state index in [1.54, 1.807) is 12.1 Å². The van der Waals surface area contributed by atoms with Crippen molar-refractivity contribution in [2.75, 3.05) is 30.9 Å². The number of nitrogen functional groups attached to an aromatic ring is 1. The summed E-state index contributed by atoms with van der Waals surface area (Å²) in [5.74, 6) is 0.0647. The standard InChI is InChI=1S/C12H18N4O2/c1-16(8-4-6-18-7-5-8)12-9(13)2-3-10(15-12)11(14)17/h2-3,8H,4-7,13H2,1H3,(H2,14,17). The summed E-state index contributed by atoms with van der Waals surface area (Å²) in [6.07, 6.45) is 1.86. The second-order valence-corrected chi connectivity index (χ2v) is 4.43. The Morgan fingerprint density at radius 2 is 2.11 bits per heavy atom. The zero-order valence-electron chi connectivity index (χ0n) is 10.4. The molecule has 0 saturated carbocycles. The van der Waals surface area contributed by atoms with Crippen molar-refractivity contribution < 1.29 is 9.53 Å². The van der Waals surface area contributed by atoms with Crippen molar-refractivity contribution in [2.45, 2.75) is 18.9 Å². The minimum absolute atomic E-state index is 0.234. The van der Waals surface area contributed by atoms with Crippen LogP contribution >= 0.6 is 0 Å². The Kier molecular flexibility index (Phi) is 3.66. The molecule has 1 aromatic heterocycles. The molecule has 0 bridgehead atoms. The van der Waals surface area contributed by atoms with Crippen molar-refractivity contribution in [3.8, 4) is 0 Å². The van der Waals surface area contributed by atoms with Crippen LogP contribution in [0.3, 0.4) is 0 Å². The third kappa shape index (κ3) is 2.53. The summed E-state index contributed by atoms with van der Waals surface area (Å²) < 4.78 is 5.33. The molecule has 2 heterocycles. The van der Waals surface area contributed by atoms with E-state index >= 15 is 0 Å². The number of carbonyl (C=O) groups excluding carboxylic acids is 1. The number of hydrogen-bond acceptors (Lipinski definition) is 5. The number of nitrogens with zero attached hydrogens (tertiary/aromatic N) is 2. The molecule has 4 N–H and O–H groups in total. The lowest BCUT2D eigenvalue weighted by atomic mass is 10.1. The second-order valence-electron chi connectivity index (χ2n) is 4.43. The van der Waals surface area contributed by atoms with E-state index in [9.17, 15) is 4.79 Å². The van der Waals surface area contributed by atoms with Gasteiger partial charge in [-0.2, -0.15) is 0 Å². The largest absolute Gasteiger partial charge is 0.396 e. The first-order valence-corrected chi connectivity index (χ1v) is 5.96. The molecule has 1 saturated heterocycles. The summed E-state index contributed by atoms with van der Waals surface area (Å²) in [6.45, 7) is 1.48. The lowest BCUT2D eigenvalue weighted by molar-refractivity contribution is 0.0853. The Balaban J connectivity index is 2.25. The molecule has 6 nitrogen and oxygen atoms in total. The van der Waals surface area contributed by atoms with Crippen LogP contribution in [0.4, 0.5) is 11.5 Å². The van der Waals surface area contributed by atoms with Crippen molar-refractivity contribution in [1.29, 1.82) is 0 Å². The number of hydrogen-bond donors (Lipinski definition) is 2. The molecule has 1 aromatic rings. The molecule has 6 heteroatoms. The van der Waals surface area contributed by atoms with Gasteiger partial charge >= 0.3 is 0 Å². The lowest BCUT2D eigenvalue weighted by Crippen LogP contribution is -2.37. The zero-order chi connectivity index (χ0) is 13.1. The second kappa shape index (κ2) is 5.22. The number of nitrogens with two attached hydrogens (primary N) is 2. The maximum absolute atomic E-state index is 11.1. The quantitative estimate of drug-likeness (QED) is 0.808. The molecule has 98 valence electrons. The molecule has 18 heavy (non-hydrogen) atoms. The number of rotatable bonds is 3. The molecule has 0 aromatic carbocycles. The van der Waals surface area contributed by atoms with Crippen LogP contribution in [0.15, 0.2) is 12.1 Å². The van der Waals surface area contributed by atoms with E-state index in [4.69, 9.17) is 16.2 Å². The van der Waals surface area contributed by atoms with Crippen molar-refractivity contribution in [3.05, 3.63) is 17.8 Å². The first kappa shape index (κ1) is 12.6. The van der Waals surface area contributed by atoms with Crippen LogP contribution in [0.1, 0.15) is 23.3 Å². The molecule has 1 aliphatic rings. The van der Waals surface area contributed by atoms with Gasteiger partial charge in [0, 0.05) is 26.3 Å². The van der Waals surface area contributed by atoms with Gasteiger partial charge in [0.15, 0.2) is 5.82 Å². The van der Waals surface area contributed by atoms with Gasteiger partial charge in [-0.3, -0.25) is 4.79 Å². The summed E-state index contributed by atoms with van der Waals surface area (Å²) in [6, 6.07) is 3.54. The average Bonchev–Trinajstić information content (AvgIpc) is 2.39. The van der Waals surface area contributed by atoms with Gasteiger partial charge in [-0.25, -0.2) is 4.98 Å². The Labute approximate surface area is 106 Å². The SMILES string of the molecule is CN(c1nc(C(N)=O)ccc1N)C1CCOCC1. The Bertz CT molecular complexity index is 444. The third-order valence-electron chi connectivity index (χ3n) is 3.23. The smallest absolute Gasteiger partial charge is 0.267 e. The molecule has 1 fully saturated rings. The third-order valence-corrected chi connectivity index (χ3v) is 3.23. The predicted octanol–water partition coefficient (Wildman–Crippen LogP) is 0.378. The Morgan fingerprint density at radius 3 is 2.72 bits per heavy atom. The van der Waals surface area contributed by atoms with Crippen LogP contribution < -0.4 is 16.4 Å². The van der Waals surface area contributed by atoms with Crippen LogP contribution in [-0.2, 0) is 4.74 Å². The van der Waals surface area contributed by atoms with Crippen molar-refractivity contribution in [2.24, 2.45) is 5.73 Å². The minimum Gasteiger partial charge on any atom is -0.396 e. The Hall–Kier alpha value is -1.82. The van der Waals surface area contributed by atoms with E-state index < -0.39 is 5.91 Å². The van der Waals surface area contributed by atoms with Gasteiger partial charge in [-0.15, -0.1) is 0 Å². The molecule has 0 atom stereocenters. The zero-order valence-corrected chi connectivity index (χ0v) is 10.4. The van der Waals surface area contributed by atoms with Crippen LogP contribution in [-0.4, -0.2) is 37.2 Å². The normalized spacial score (nSPS) is 16.5. The molecular weight excluding hydrogens is 232 g/mol. The number of pyridine rings is 1. The maximum atomic E-state index is 11.1. The first-order chi connectivity index (χ1) is 8.59. The van der Waals surface area contributed by atoms with E-state index in [0.717, 1.165) is 26.1 Å². The Morgan fingerprint density at radius 1 is 1.44 bits per heavy atom. The van der Waals surface area contributed by atoms with E-state index in [1.807, 2.05) is 11.9 Å². The van der Waals surface area contributed by atoms with Gasteiger partial charge in [0.25, 0.3) is 5.91 Å². The summed E-state index contributed by atoms with van der Waals surface area (Å²) in [4.78, 5) is 17.4. The molecule has 0 unspecified atom stereocenters. The van der Waals surface area contributed by atoms with Gasteiger partial charge in [0.2, 0.25) is 0 Å². The molecule has 1 aliphatic heterocycles. The maximum Gasteiger partial charge on any atom is 0.267 e. The van der Waals surface area contributed by atoms with Crippen molar-refractivity contribution >= 4 is 17.4 Å². The van der Waals surface area contributed by atoms with Crippen molar-refractivity contribution in [3.63, 3.8) is 0 Å². The predicted molar refractivity (Wildman–Crippen MR) is 69.4 cm³/mol. The highest BCUT2D eigenvalue weighted by atomic mass is 16.5. The lowest BCUT2D eigenvalue weighted by Gasteiger charge is -2.32. The number of anilines is 2. The van der Waals surface area contributed by atoms with E-state index in [2.05, 4.69) is 4.98 Å². The average molecular weight is 250 g/mol. The highest BCUT2D eigenvalue weighted by molar-refractivity contribution is 5.91. The summed E-state index contributed by atoms with van der Waals surface area (Å²) in [5.41, 5.74) is 11.9. The molecule has 2 rings (SSSR count). The monoisotopic (exact) mass is 250 g/mol. The summed E-state index contributed by atoms with van der Waals surface area (Å²) in [5, 5.41) is 0. The fourth-order valence-corrected chi connectivity index (χ4v) is 2.12. The van der Waals surface area contributed by atoms with Gasteiger partial charge in [-0.05, 0) is 25.0 Å². The summed E-state index contributed by atoms with van der Waals surface area (Å²) >= 11 is 0. The first-order valence-electron chi connectivity index (χ1n) is 5.96. The molecule has 1 amide bonds. The molecular formula is C12H18N4O2. The van der Waals surface area contributed by atoms with Gasteiger partial charge < -0.3 is 21.1 Å². The number of ether oxygens (including phenoxy) is 1. The van der Waals surface area contributed by atoms with Crippen LogP contribution in [0, 0.1) is 0 Å². The van der Waals surface area contributed by atoms with Crippen LogP contribution in [0.5, 0.6) is 0 Å². The van der Waals surface area contributed by atoms with E-state index in [1.165, 1.54) is 0 Å². The topological polar surface area (TPSA) is 94.5 Å². The number of amides is 1. The molecule has 0 radical (unpaired) electrons. The van der Waals surface area contributed by atoms with Crippen LogP contribution in [0.25, 0.3) is 0 Å². The van der Waals surface area contributed by atoms with Gasteiger partial charge in [-0.1, -0.05) is 0 Å². The van der Waals surface area contributed by atoms with Crippen molar-refractivity contribution in [1.82, 2.24) is 4.98 Å². The molecule has 0 spiro atoms. The van der Waals surface area contributed by atoms with Gasteiger partial charge in [0.05, 0.1) is 5.69 Å². The van der Waals surface area contributed by atoms with E-state index in [0.29, 0.717) is 17.5 Å². The molecule has 0 aliphatic carbocycles. The van der Waals surface area contributed by atoms with Gasteiger partial charge in [0.1, 0.15) is 5.69 Å².